The molecule has 18 heavy (non-hydrogen) atoms. The SMILES string of the molecule is CC1CCC(N(C)C(=O)c2cc(Br)cn2C)CC1. The third kappa shape index (κ3) is 2.79. The Kier molecular flexibility index (Phi) is 4.15. The van der Waals surface area contributed by atoms with E-state index < -0.39 is 0 Å². The number of carbonyl (C=O) groups is 1. The molecule has 1 amide bonds. The molecule has 0 bridgehead atoms. The average Bonchev–Trinajstić information content (AvgIpc) is 2.67. The lowest BCUT2D eigenvalue weighted by Gasteiger charge is -2.33. The second-order valence-electron chi connectivity index (χ2n) is 5.48. The second kappa shape index (κ2) is 5.47. The zero-order chi connectivity index (χ0) is 13.3. The molecule has 0 saturated heterocycles. The van der Waals surface area contributed by atoms with Crippen molar-refractivity contribution >= 4 is 21.8 Å². The van der Waals surface area contributed by atoms with E-state index in [0.29, 0.717) is 6.04 Å². The van der Waals surface area contributed by atoms with Crippen molar-refractivity contribution in [3.8, 4) is 0 Å². The van der Waals surface area contributed by atoms with Gasteiger partial charge in [-0.25, -0.2) is 0 Å². The van der Waals surface area contributed by atoms with Crippen LogP contribution in [0.15, 0.2) is 16.7 Å². The average molecular weight is 313 g/mol. The number of halogens is 1. The number of aromatic nitrogens is 1. The van der Waals surface area contributed by atoms with Crippen molar-refractivity contribution in [1.82, 2.24) is 9.47 Å². The fraction of sp³-hybridized carbons (Fsp3) is 0.643. The molecule has 1 saturated carbocycles. The molecule has 0 atom stereocenters. The van der Waals surface area contributed by atoms with Crippen LogP contribution in [0.1, 0.15) is 43.1 Å². The Balaban J connectivity index is 2.07. The van der Waals surface area contributed by atoms with Gasteiger partial charge in [0.05, 0.1) is 0 Å². The van der Waals surface area contributed by atoms with Gasteiger partial charge >= 0.3 is 0 Å². The van der Waals surface area contributed by atoms with Gasteiger partial charge in [-0.05, 0) is 53.6 Å². The first-order valence-corrected chi connectivity index (χ1v) is 7.37. The van der Waals surface area contributed by atoms with Crippen LogP contribution in [0.25, 0.3) is 0 Å². The standard InChI is InChI=1S/C14H21BrN2O/c1-10-4-6-12(7-5-10)17(3)14(18)13-8-11(15)9-16(13)2/h8-10,12H,4-7H2,1-3H3. The highest BCUT2D eigenvalue weighted by molar-refractivity contribution is 9.10. The first-order valence-electron chi connectivity index (χ1n) is 6.58. The lowest BCUT2D eigenvalue weighted by atomic mass is 9.86. The minimum Gasteiger partial charge on any atom is -0.345 e. The zero-order valence-corrected chi connectivity index (χ0v) is 12.9. The maximum atomic E-state index is 12.4. The van der Waals surface area contributed by atoms with E-state index in [-0.39, 0.29) is 5.91 Å². The summed E-state index contributed by atoms with van der Waals surface area (Å²) in [7, 11) is 3.85. The summed E-state index contributed by atoms with van der Waals surface area (Å²) in [6.07, 6.45) is 6.66. The first kappa shape index (κ1) is 13.7. The normalized spacial score (nSPS) is 24.0. The Bertz CT molecular complexity index is 433. The van der Waals surface area contributed by atoms with E-state index in [0.717, 1.165) is 28.9 Å². The summed E-state index contributed by atoms with van der Waals surface area (Å²) < 4.78 is 2.84. The van der Waals surface area contributed by atoms with Crippen molar-refractivity contribution in [2.24, 2.45) is 13.0 Å². The summed E-state index contributed by atoms with van der Waals surface area (Å²) in [5, 5.41) is 0. The van der Waals surface area contributed by atoms with Gasteiger partial charge in [-0.3, -0.25) is 4.79 Å². The fourth-order valence-corrected chi connectivity index (χ4v) is 3.24. The molecule has 0 radical (unpaired) electrons. The maximum absolute atomic E-state index is 12.4. The monoisotopic (exact) mass is 312 g/mol. The quantitative estimate of drug-likeness (QED) is 0.821. The highest BCUT2D eigenvalue weighted by atomic mass is 79.9. The lowest BCUT2D eigenvalue weighted by Crippen LogP contribution is -2.39. The summed E-state index contributed by atoms with van der Waals surface area (Å²) in [6, 6.07) is 2.30. The number of carbonyl (C=O) groups excluding carboxylic acids is 1. The van der Waals surface area contributed by atoms with E-state index in [9.17, 15) is 4.79 Å². The van der Waals surface area contributed by atoms with Gasteiger partial charge in [-0.15, -0.1) is 0 Å². The van der Waals surface area contributed by atoms with Crippen LogP contribution < -0.4 is 0 Å². The van der Waals surface area contributed by atoms with Crippen LogP contribution in [0.2, 0.25) is 0 Å². The number of aryl methyl sites for hydroxylation is 1. The van der Waals surface area contributed by atoms with Crippen LogP contribution in [0, 0.1) is 5.92 Å². The molecular formula is C14H21BrN2O. The summed E-state index contributed by atoms with van der Waals surface area (Å²) in [5.74, 6) is 0.941. The molecule has 0 spiro atoms. The molecule has 0 aliphatic heterocycles. The van der Waals surface area contributed by atoms with Crippen molar-refractivity contribution in [1.29, 1.82) is 0 Å². The Morgan fingerprint density at radius 2 is 2.00 bits per heavy atom. The third-order valence-corrected chi connectivity index (χ3v) is 4.48. The highest BCUT2D eigenvalue weighted by Crippen LogP contribution is 2.27. The summed E-state index contributed by atoms with van der Waals surface area (Å²) in [4.78, 5) is 14.4. The lowest BCUT2D eigenvalue weighted by molar-refractivity contribution is 0.0670. The Morgan fingerprint density at radius 3 is 2.50 bits per heavy atom. The van der Waals surface area contributed by atoms with Gasteiger partial charge in [0.25, 0.3) is 5.91 Å². The van der Waals surface area contributed by atoms with E-state index in [4.69, 9.17) is 0 Å². The minimum atomic E-state index is 0.128. The molecule has 100 valence electrons. The molecule has 1 heterocycles. The third-order valence-electron chi connectivity index (χ3n) is 4.04. The maximum Gasteiger partial charge on any atom is 0.270 e. The van der Waals surface area contributed by atoms with Gasteiger partial charge < -0.3 is 9.47 Å². The molecule has 0 unspecified atom stereocenters. The smallest absolute Gasteiger partial charge is 0.270 e. The predicted octanol–water partition coefficient (Wildman–Crippen LogP) is 3.44. The van der Waals surface area contributed by atoms with Crippen LogP contribution >= 0.6 is 15.9 Å². The van der Waals surface area contributed by atoms with Crippen molar-refractivity contribution < 1.29 is 4.79 Å². The van der Waals surface area contributed by atoms with Crippen LogP contribution in [-0.4, -0.2) is 28.5 Å². The number of amides is 1. The molecule has 0 aromatic carbocycles. The molecular weight excluding hydrogens is 292 g/mol. The van der Waals surface area contributed by atoms with Gasteiger partial charge in [-0.1, -0.05) is 6.92 Å². The number of hydrogen-bond acceptors (Lipinski definition) is 1. The first-order chi connectivity index (χ1) is 8.49. The van der Waals surface area contributed by atoms with Crippen LogP contribution in [0.5, 0.6) is 0 Å². The van der Waals surface area contributed by atoms with E-state index in [2.05, 4.69) is 22.9 Å². The van der Waals surface area contributed by atoms with Crippen LogP contribution in [0.4, 0.5) is 0 Å². The second-order valence-corrected chi connectivity index (χ2v) is 6.40. The molecule has 1 fully saturated rings. The van der Waals surface area contributed by atoms with E-state index in [1.165, 1.54) is 12.8 Å². The minimum absolute atomic E-state index is 0.128. The largest absolute Gasteiger partial charge is 0.345 e. The molecule has 1 aliphatic carbocycles. The van der Waals surface area contributed by atoms with Crippen molar-refractivity contribution in [3.05, 3.63) is 22.4 Å². The van der Waals surface area contributed by atoms with Crippen LogP contribution in [0.3, 0.4) is 0 Å². The summed E-state index contributed by atoms with van der Waals surface area (Å²) >= 11 is 3.41. The van der Waals surface area contributed by atoms with Gasteiger partial charge in [-0.2, -0.15) is 0 Å². The molecule has 3 nitrogen and oxygen atoms in total. The number of rotatable bonds is 2. The highest BCUT2D eigenvalue weighted by Gasteiger charge is 2.26. The topological polar surface area (TPSA) is 25.2 Å². The van der Waals surface area contributed by atoms with E-state index in [1.807, 2.05) is 35.8 Å². The van der Waals surface area contributed by atoms with Gasteiger partial charge in [0, 0.05) is 30.8 Å². The molecule has 4 heteroatoms. The Morgan fingerprint density at radius 1 is 1.39 bits per heavy atom. The number of hydrogen-bond donors (Lipinski definition) is 0. The van der Waals surface area contributed by atoms with Crippen molar-refractivity contribution in [3.63, 3.8) is 0 Å². The van der Waals surface area contributed by atoms with E-state index >= 15 is 0 Å². The Labute approximate surface area is 117 Å². The predicted molar refractivity (Wildman–Crippen MR) is 76.6 cm³/mol. The van der Waals surface area contributed by atoms with Gasteiger partial charge in [0.2, 0.25) is 0 Å². The molecule has 2 rings (SSSR count). The molecule has 0 N–H and O–H groups in total. The molecule has 1 aliphatic rings. The van der Waals surface area contributed by atoms with E-state index in [1.54, 1.807) is 0 Å². The summed E-state index contributed by atoms with van der Waals surface area (Å²) in [5.41, 5.74) is 0.753. The number of nitrogens with zero attached hydrogens (tertiary/aromatic N) is 2. The zero-order valence-electron chi connectivity index (χ0n) is 11.3. The van der Waals surface area contributed by atoms with Crippen molar-refractivity contribution in [2.75, 3.05) is 7.05 Å². The summed E-state index contributed by atoms with van der Waals surface area (Å²) in [6.45, 7) is 2.30. The Hall–Kier alpha value is -0.770. The molecule has 1 aromatic rings. The fourth-order valence-electron chi connectivity index (χ4n) is 2.71. The van der Waals surface area contributed by atoms with Gasteiger partial charge in [0.15, 0.2) is 0 Å². The van der Waals surface area contributed by atoms with Crippen LogP contribution in [-0.2, 0) is 7.05 Å². The molecule has 1 aromatic heterocycles. The van der Waals surface area contributed by atoms with Gasteiger partial charge in [0.1, 0.15) is 5.69 Å². The van der Waals surface area contributed by atoms with Crippen molar-refractivity contribution in [2.45, 2.75) is 38.6 Å².